The lowest BCUT2D eigenvalue weighted by Gasteiger charge is -2.01. The van der Waals surface area contributed by atoms with Gasteiger partial charge in [-0.25, -0.2) is 0 Å². The number of ketones is 1. The van der Waals surface area contributed by atoms with Gasteiger partial charge in [0.25, 0.3) is 0 Å². The van der Waals surface area contributed by atoms with E-state index in [1.807, 2.05) is 24.3 Å². The number of phenols is 1. The van der Waals surface area contributed by atoms with Crippen molar-refractivity contribution in [3.8, 4) is 5.75 Å². The second kappa shape index (κ2) is 6.57. The van der Waals surface area contributed by atoms with Crippen LogP contribution in [0.15, 0.2) is 60.8 Å². The van der Waals surface area contributed by atoms with E-state index in [0.717, 1.165) is 12.1 Å². The Bertz CT molecular complexity index is 598. The average molecular weight is 267 g/mol. The number of anilines is 1. The van der Waals surface area contributed by atoms with Gasteiger partial charge < -0.3 is 10.4 Å². The van der Waals surface area contributed by atoms with Crippen molar-refractivity contribution in [3.05, 3.63) is 71.9 Å². The summed E-state index contributed by atoms with van der Waals surface area (Å²) < 4.78 is 0. The summed E-state index contributed by atoms with van der Waals surface area (Å²) in [6.07, 6.45) is 4.06. The van der Waals surface area contributed by atoms with E-state index in [1.165, 1.54) is 11.6 Å². The second-order valence-electron chi connectivity index (χ2n) is 4.44. The molecule has 0 spiro atoms. The fourth-order valence-corrected chi connectivity index (χ4v) is 1.77. The normalized spacial score (nSPS) is 10.7. The first-order valence-electron chi connectivity index (χ1n) is 6.54. The summed E-state index contributed by atoms with van der Waals surface area (Å²) in [5.41, 5.74) is 2.70. The van der Waals surface area contributed by atoms with Crippen LogP contribution in [0, 0.1) is 0 Å². The minimum atomic E-state index is -0.0427. The van der Waals surface area contributed by atoms with Crippen LogP contribution in [0.1, 0.15) is 22.8 Å². The molecule has 0 bridgehead atoms. The molecule has 0 unspecified atom stereocenters. The molecule has 0 saturated heterocycles. The molecule has 0 atom stereocenters. The molecule has 0 aliphatic heterocycles. The first kappa shape index (κ1) is 13.9. The topological polar surface area (TPSA) is 49.3 Å². The van der Waals surface area contributed by atoms with Gasteiger partial charge in [0.05, 0.1) is 0 Å². The van der Waals surface area contributed by atoms with Crippen molar-refractivity contribution in [3.63, 3.8) is 0 Å². The van der Waals surface area contributed by atoms with Crippen molar-refractivity contribution < 1.29 is 9.90 Å². The lowest BCUT2D eigenvalue weighted by molar-refractivity contribution is 0.104. The lowest BCUT2D eigenvalue weighted by Crippen LogP contribution is -1.96. The van der Waals surface area contributed by atoms with Crippen molar-refractivity contribution in [2.45, 2.75) is 13.3 Å². The quantitative estimate of drug-likeness (QED) is 0.492. The molecule has 0 heterocycles. The van der Waals surface area contributed by atoms with Gasteiger partial charge in [0.15, 0.2) is 5.78 Å². The van der Waals surface area contributed by atoms with E-state index < -0.39 is 0 Å². The number of aromatic hydroxyl groups is 1. The Morgan fingerprint density at radius 2 is 1.75 bits per heavy atom. The van der Waals surface area contributed by atoms with Gasteiger partial charge in [0.2, 0.25) is 0 Å². The summed E-state index contributed by atoms with van der Waals surface area (Å²) in [4.78, 5) is 11.9. The van der Waals surface area contributed by atoms with E-state index in [2.05, 4.69) is 12.2 Å². The Hall–Kier alpha value is -2.55. The van der Waals surface area contributed by atoms with E-state index in [1.54, 1.807) is 30.5 Å². The maximum absolute atomic E-state index is 11.9. The summed E-state index contributed by atoms with van der Waals surface area (Å²) in [6.45, 7) is 2.08. The Balaban J connectivity index is 1.96. The second-order valence-corrected chi connectivity index (χ2v) is 4.44. The van der Waals surface area contributed by atoms with Gasteiger partial charge in [-0.15, -0.1) is 0 Å². The Morgan fingerprint density at radius 1 is 1.10 bits per heavy atom. The van der Waals surface area contributed by atoms with E-state index in [4.69, 9.17) is 5.11 Å². The average Bonchev–Trinajstić information content (AvgIpc) is 2.49. The smallest absolute Gasteiger partial charge is 0.187 e. The van der Waals surface area contributed by atoms with Crippen LogP contribution in [0.4, 0.5) is 5.69 Å². The standard InChI is InChI=1S/C17H17NO2/c1-2-13-3-5-14(6-4-13)17(20)11-12-18-15-7-9-16(19)10-8-15/h3-12,18-19H,2H2,1H3/b12-11+. The van der Waals surface area contributed by atoms with Crippen LogP contribution in [0.25, 0.3) is 0 Å². The van der Waals surface area contributed by atoms with Crippen LogP contribution in [0.2, 0.25) is 0 Å². The predicted molar refractivity (Wildman–Crippen MR) is 81.0 cm³/mol. The van der Waals surface area contributed by atoms with Crippen LogP contribution >= 0.6 is 0 Å². The Labute approximate surface area is 118 Å². The van der Waals surface area contributed by atoms with Gasteiger partial charge in [-0.3, -0.25) is 4.79 Å². The van der Waals surface area contributed by atoms with Crippen LogP contribution in [-0.2, 0) is 6.42 Å². The number of benzene rings is 2. The highest BCUT2D eigenvalue weighted by molar-refractivity contribution is 6.04. The summed E-state index contributed by atoms with van der Waals surface area (Å²) in [5, 5.41) is 12.1. The molecule has 0 radical (unpaired) electrons. The number of carbonyl (C=O) groups excluding carboxylic acids is 1. The molecule has 2 aromatic rings. The highest BCUT2D eigenvalue weighted by Crippen LogP contribution is 2.13. The maximum Gasteiger partial charge on any atom is 0.187 e. The van der Waals surface area contributed by atoms with E-state index >= 15 is 0 Å². The first-order valence-corrected chi connectivity index (χ1v) is 6.54. The fourth-order valence-electron chi connectivity index (χ4n) is 1.77. The molecule has 0 aliphatic rings. The van der Waals surface area contributed by atoms with Gasteiger partial charge in [-0.2, -0.15) is 0 Å². The highest BCUT2D eigenvalue weighted by Gasteiger charge is 2.00. The molecule has 2 aromatic carbocycles. The zero-order chi connectivity index (χ0) is 14.4. The van der Waals surface area contributed by atoms with Gasteiger partial charge in [-0.05, 0) is 36.2 Å². The third-order valence-electron chi connectivity index (χ3n) is 3.00. The van der Waals surface area contributed by atoms with Gasteiger partial charge in [0, 0.05) is 23.5 Å². The largest absolute Gasteiger partial charge is 0.508 e. The van der Waals surface area contributed by atoms with Crippen LogP contribution in [0.5, 0.6) is 5.75 Å². The third-order valence-corrected chi connectivity index (χ3v) is 3.00. The number of nitrogens with one attached hydrogen (secondary N) is 1. The van der Waals surface area contributed by atoms with Gasteiger partial charge >= 0.3 is 0 Å². The molecule has 0 saturated carbocycles. The van der Waals surface area contributed by atoms with Crippen LogP contribution < -0.4 is 5.32 Å². The van der Waals surface area contributed by atoms with Crippen LogP contribution in [0.3, 0.4) is 0 Å². The van der Waals surface area contributed by atoms with E-state index in [0.29, 0.717) is 5.56 Å². The number of aryl methyl sites for hydroxylation is 1. The molecule has 20 heavy (non-hydrogen) atoms. The van der Waals surface area contributed by atoms with Gasteiger partial charge in [-0.1, -0.05) is 31.2 Å². The number of hydrogen-bond acceptors (Lipinski definition) is 3. The van der Waals surface area contributed by atoms with E-state index in [9.17, 15) is 4.79 Å². The van der Waals surface area contributed by atoms with Crippen molar-refractivity contribution in [2.24, 2.45) is 0 Å². The van der Waals surface area contributed by atoms with Crippen molar-refractivity contribution in [2.75, 3.05) is 5.32 Å². The Kier molecular flexibility index (Phi) is 4.56. The van der Waals surface area contributed by atoms with Crippen LogP contribution in [-0.4, -0.2) is 10.9 Å². The summed E-state index contributed by atoms with van der Waals surface area (Å²) in [7, 11) is 0. The summed E-state index contributed by atoms with van der Waals surface area (Å²) in [6, 6.07) is 14.3. The molecule has 0 amide bonds. The summed E-state index contributed by atoms with van der Waals surface area (Å²) in [5.74, 6) is 0.172. The molecule has 3 heteroatoms. The molecule has 102 valence electrons. The van der Waals surface area contributed by atoms with Crippen molar-refractivity contribution in [1.82, 2.24) is 0 Å². The van der Waals surface area contributed by atoms with E-state index in [-0.39, 0.29) is 11.5 Å². The predicted octanol–water partition coefficient (Wildman–Crippen LogP) is 3.76. The fraction of sp³-hybridized carbons (Fsp3) is 0.118. The molecule has 2 N–H and O–H groups in total. The van der Waals surface area contributed by atoms with Gasteiger partial charge in [0.1, 0.15) is 5.75 Å². The van der Waals surface area contributed by atoms with Crippen molar-refractivity contribution >= 4 is 11.5 Å². The number of rotatable bonds is 5. The zero-order valence-corrected chi connectivity index (χ0v) is 11.3. The van der Waals surface area contributed by atoms with Crippen molar-refractivity contribution in [1.29, 1.82) is 0 Å². The zero-order valence-electron chi connectivity index (χ0n) is 11.3. The Morgan fingerprint density at radius 3 is 2.35 bits per heavy atom. The molecule has 0 aliphatic carbocycles. The third kappa shape index (κ3) is 3.72. The minimum Gasteiger partial charge on any atom is -0.508 e. The number of phenolic OH excluding ortho intramolecular Hbond substituents is 1. The highest BCUT2D eigenvalue weighted by atomic mass is 16.3. The molecular weight excluding hydrogens is 250 g/mol. The SMILES string of the molecule is CCc1ccc(C(=O)/C=C/Nc2ccc(O)cc2)cc1. The number of carbonyl (C=O) groups is 1. The maximum atomic E-state index is 11.9. The molecule has 0 aromatic heterocycles. The summed E-state index contributed by atoms with van der Waals surface area (Å²) >= 11 is 0. The lowest BCUT2D eigenvalue weighted by atomic mass is 10.1. The monoisotopic (exact) mass is 267 g/mol. The first-order chi connectivity index (χ1) is 9.69. The molecule has 3 nitrogen and oxygen atoms in total. The molecule has 0 fully saturated rings. The number of hydrogen-bond donors (Lipinski definition) is 2. The molecule has 2 rings (SSSR count). The molecular formula is C17H17NO2. The minimum absolute atomic E-state index is 0.0427. The number of allylic oxidation sites excluding steroid dienone is 1.